The maximum Gasteiger partial charge on any atom is 0.315 e. The van der Waals surface area contributed by atoms with Gasteiger partial charge in [0.15, 0.2) is 11.5 Å². The van der Waals surface area contributed by atoms with Crippen LogP contribution in [0.5, 0.6) is 11.5 Å². The third kappa shape index (κ3) is 5.92. The number of benzene rings is 3. The summed E-state index contributed by atoms with van der Waals surface area (Å²) in [6.07, 6.45) is 1.34. The first kappa shape index (κ1) is 27.9. The van der Waals surface area contributed by atoms with Crippen molar-refractivity contribution in [3.8, 4) is 23.1 Å². The Morgan fingerprint density at radius 3 is 2.63 bits per heavy atom. The van der Waals surface area contributed by atoms with E-state index in [1.165, 1.54) is 12.3 Å². The summed E-state index contributed by atoms with van der Waals surface area (Å²) in [7, 11) is 0. The molecule has 0 spiro atoms. The van der Waals surface area contributed by atoms with Crippen LogP contribution in [-0.4, -0.2) is 34.0 Å². The van der Waals surface area contributed by atoms with Gasteiger partial charge >= 0.3 is 5.69 Å². The number of hydrogen-bond donors (Lipinski definition) is 0. The molecule has 0 unspecified atom stereocenters. The first-order valence-corrected chi connectivity index (χ1v) is 13.3. The molecular formula is C30H27ClN4O6. The first-order valence-electron chi connectivity index (χ1n) is 12.9. The molecule has 0 aliphatic rings. The van der Waals surface area contributed by atoms with E-state index >= 15 is 0 Å². The Kier molecular flexibility index (Phi) is 7.51. The van der Waals surface area contributed by atoms with Crippen LogP contribution in [0.15, 0.2) is 75.0 Å². The summed E-state index contributed by atoms with van der Waals surface area (Å²) < 4.78 is 18.7. The Hall–Kier alpha value is -4.70. The van der Waals surface area contributed by atoms with Crippen molar-refractivity contribution >= 4 is 45.4 Å². The summed E-state index contributed by atoms with van der Waals surface area (Å²) >= 11 is 6.15. The summed E-state index contributed by atoms with van der Waals surface area (Å²) in [6.45, 7) is 8.16. The number of para-hydroxylation sites is 1. The SMILES string of the molecule is CCOc1cc(C=Nn2c(-c3cc4cc(Cl)ccc4o3)nc3ccccc3c2=O)cc([N+](=O)[O-])c1OCC(C)(C)C. The van der Waals surface area contributed by atoms with E-state index in [-0.39, 0.29) is 41.6 Å². The van der Waals surface area contributed by atoms with Gasteiger partial charge in [-0.1, -0.05) is 44.5 Å². The molecular weight excluding hydrogens is 548 g/mol. The molecule has 0 aliphatic carbocycles. The van der Waals surface area contributed by atoms with E-state index < -0.39 is 10.5 Å². The van der Waals surface area contributed by atoms with Crippen molar-refractivity contribution in [2.24, 2.45) is 10.5 Å². The number of rotatable bonds is 8. The lowest BCUT2D eigenvalue weighted by atomic mass is 9.98. The lowest BCUT2D eigenvalue weighted by Crippen LogP contribution is -2.20. The van der Waals surface area contributed by atoms with Gasteiger partial charge in [0.25, 0.3) is 5.56 Å². The van der Waals surface area contributed by atoms with Crippen LogP contribution in [0.4, 0.5) is 5.69 Å². The second-order valence-corrected chi connectivity index (χ2v) is 11.0. The average Bonchev–Trinajstić information content (AvgIpc) is 3.34. The summed E-state index contributed by atoms with van der Waals surface area (Å²) in [5.74, 6) is 0.692. The molecule has 10 nitrogen and oxygen atoms in total. The molecule has 0 fully saturated rings. The van der Waals surface area contributed by atoms with E-state index in [0.29, 0.717) is 32.8 Å². The van der Waals surface area contributed by atoms with E-state index in [1.807, 2.05) is 20.8 Å². The number of halogens is 1. The van der Waals surface area contributed by atoms with Crippen molar-refractivity contribution in [3.63, 3.8) is 0 Å². The lowest BCUT2D eigenvalue weighted by molar-refractivity contribution is -0.386. The van der Waals surface area contributed by atoms with Gasteiger partial charge in [-0.05, 0) is 54.8 Å². The number of nitro benzene ring substituents is 1. The molecule has 5 aromatic rings. The Morgan fingerprint density at radius 2 is 1.90 bits per heavy atom. The molecule has 0 bridgehead atoms. The van der Waals surface area contributed by atoms with Crippen molar-refractivity contribution in [1.82, 2.24) is 9.66 Å². The molecule has 0 N–H and O–H groups in total. The van der Waals surface area contributed by atoms with Gasteiger partial charge in [0.1, 0.15) is 5.58 Å². The maximum atomic E-state index is 13.6. The summed E-state index contributed by atoms with van der Waals surface area (Å²) in [5.41, 5.74) is 0.396. The fourth-order valence-electron chi connectivity index (χ4n) is 4.15. The van der Waals surface area contributed by atoms with Crippen LogP contribution in [0, 0.1) is 15.5 Å². The van der Waals surface area contributed by atoms with Crippen LogP contribution in [0.25, 0.3) is 33.5 Å². The molecule has 0 saturated heterocycles. The minimum absolute atomic E-state index is 0.0371. The molecule has 5 rings (SSSR count). The molecule has 2 aromatic heterocycles. The fraction of sp³-hybridized carbons (Fsp3) is 0.233. The lowest BCUT2D eigenvalue weighted by Gasteiger charge is -2.20. The zero-order chi connectivity index (χ0) is 29.3. The third-order valence-corrected chi connectivity index (χ3v) is 6.21. The van der Waals surface area contributed by atoms with Crippen LogP contribution < -0.4 is 15.0 Å². The van der Waals surface area contributed by atoms with Crippen molar-refractivity contribution in [3.05, 3.63) is 91.7 Å². The van der Waals surface area contributed by atoms with Crippen LogP contribution in [0.2, 0.25) is 5.02 Å². The van der Waals surface area contributed by atoms with Gasteiger partial charge < -0.3 is 13.9 Å². The van der Waals surface area contributed by atoms with E-state index in [1.54, 1.807) is 61.5 Å². The molecule has 3 aromatic carbocycles. The van der Waals surface area contributed by atoms with Crippen LogP contribution in [0.3, 0.4) is 0 Å². The topological polar surface area (TPSA) is 122 Å². The number of ether oxygens (including phenoxy) is 2. The van der Waals surface area contributed by atoms with Gasteiger partial charge in [-0.25, -0.2) is 4.98 Å². The smallest absolute Gasteiger partial charge is 0.315 e. The number of aromatic nitrogens is 2. The highest BCUT2D eigenvalue weighted by Gasteiger charge is 2.25. The third-order valence-electron chi connectivity index (χ3n) is 5.98. The molecule has 0 atom stereocenters. The predicted molar refractivity (Wildman–Crippen MR) is 158 cm³/mol. The number of fused-ring (bicyclic) bond motifs is 2. The fourth-order valence-corrected chi connectivity index (χ4v) is 4.33. The van der Waals surface area contributed by atoms with E-state index in [2.05, 4.69) is 10.1 Å². The Labute approximate surface area is 239 Å². The summed E-state index contributed by atoms with van der Waals surface area (Å²) in [6, 6.07) is 16.7. The van der Waals surface area contributed by atoms with Gasteiger partial charge in [0, 0.05) is 22.0 Å². The van der Waals surface area contributed by atoms with Crippen molar-refractivity contribution in [1.29, 1.82) is 0 Å². The second-order valence-electron chi connectivity index (χ2n) is 10.5. The molecule has 0 radical (unpaired) electrons. The van der Waals surface area contributed by atoms with Crippen molar-refractivity contribution < 1.29 is 18.8 Å². The Bertz CT molecular complexity index is 1870. The number of hydrogen-bond acceptors (Lipinski definition) is 8. The van der Waals surface area contributed by atoms with Crippen LogP contribution in [0.1, 0.15) is 33.3 Å². The second kappa shape index (κ2) is 11.1. The predicted octanol–water partition coefficient (Wildman–Crippen LogP) is 7.08. The Balaban J connectivity index is 1.66. The van der Waals surface area contributed by atoms with Gasteiger partial charge in [0.2, 0.25) is 11.6 Å². The number of furan rings is 1. The molecule has 0 aliphatic heterocycles. The summed E-state index contributed by atoms with van der Waals surface area (Å²) in [4.78, 5) is 29.7. The maximum absolute atomic E-state index is 13.6. The standard InChI is InChI=1S/C30H27ClN4O6/c1-5-39-25-13-18(12-23(35(37)38)27(25)40-17-30(2,3)4)16-32-34-28(33-22-9-7-6-8-21(22)29(34)36)26-15-19-14-20(31)10-11-24(19)41-26/h6-16H,5,17H2,1-4H3. The minimum atomic E-state index is -0.535. The zero-order valence-corrected chi connectivity index (χ0v) is 23.6. The Morgan fingerprint density at radius 1 is 1.12 bits per heavy atom. The first-order chi connectivity index (χ1) is 19.5. The monoisotopic (exact) mass is 574 g/mol. The van der Waals surface area contributed by atoms with E-state index in [4.69, 9.17) is 25.5 Å². The van der Waals surface area contributed by atoms with E-state index in [0.717, 1.165) is 10.1 Å². The van der Waals surface area contributed by atoms with Gasteiger partial charge in [-0.15, -0.1) is 0 Å². The van der Waals surface area contributed by atoms with Gasteiger partial charge in [-0.2, -0.15) is 9.78 Å². The highest BCUT2D eigenvalue weighted by molar-refractivity contribution is 6.31. The molecule has 0 saturated carbocycles. The van der Waals surface area contributed by atoms with E-state index in [9.17, 15) is 14.9 Å². The minimum Gasteiger partial charge on any atom is -0.490 e. The largest absolute Gasteiger partial charge is 0.490 e. The molecule has 41 heavy (non-hydrogen) atoms. The van der Waals surface area contributed by atoms with Crippen molar-refractivity contribution in [2.45, 2.75) is 27.7 Å². The molecule has 0 amide bonds. The van der Waals surface area contributed by atoms with Crippen LogP contribution in [-0.2, 0) is 0 Å². The van der Waals surface area contributed by atoms with Gasteiger partial charge in [0.05, 0.1) is 35.3 Å². The van der Waals surface area contributed by atoms with Gasteiger partial charge in [-0.3, -0.25) is 14.9 Å². The highest BCUT2D eigenvalue weighted by atomic mass is 35.5. The van der Waals surface area contributed by atoms with Crippen molar-refractivity contribution in [2.75, 3.05) is 13.2 Å². The average molecular weight is 575 g/mol. The quantitative estimate of drug-likeness (QED) is 0.110. The molecule has 210 valence electrons. The molecule has 11 heteroatoms. The number of nitrogens with zero attached hydrogens (tertiary/aromatic N) is 4. The van der Waals surface area contributed by atoms with Crippen LogP contribution >= 0.6 is 11.6 Å². The zero-order valence-electron chi connectivity index (χ0n) is 22.9. The number of nitro groups is 1. The highest BCUT2D eigenvalue weighted by Crippen LogP contribution is 2.39. The normalized spacial score (nSPS) is 11.9. The summed E-state index contributed by atoms with van der Waals surface area (Å²) in [5, 5.41) is 18.0. The molecule has 2 heterocycles.